The van der Waals surface area contributed by atoms with E-state index in [9.17, 15) is 9.90 Å². The first kappa shape index (κ1) is 16.8. The maximum atomic E-state index is 15.1. The third-order valence-electron chi connectivity index (χ3n) is 5.96. The van der Waals surface area contributed by atoms with Gasteiger partial charge >= 0.3 is 5.97 Å². The highest BCUT2D eigenvalue weighted by molar-refractivity contribution is 5.92. The van der Waals surface area contributed by atoms with Crippen molar-refractivity contribution in [2.45, 2.75) is 44.9 Å². The number of halogens is 1. The lowest BCUT2D eigenvalue weighted by Crippen LogP contribution is -2.01. The lowest BCUT2D eigenvalue weighted by atomic mass is 9.86. The minimum Gasteiger partial charge on any atom is -0.507 e. The SMILES string of the molecule is C/C(=C(/F)c1ccc(C(=O)O)cc1O)c1cc2c(cc1C)C1CCC2C1. The van der Waals surface area contributed by atoms with E-state index >= 15 is 4.39 Å². The van der Waals surface area contributed by atoms with Crippen LogP contribution in [0.5, 0.6) is 5.75 Å². The smallest absolute Gasteiger partial charge is 0.335 e. The molecule has 0 aliphatic heterocycles. The highest BCUT2D eigenvalue weighted by Crippen LogP contribution is 2.54. The molecule has 2 aliphatic carbocycles. The highest BCUT2D eigenvalue weighted by atomic mass is 19.1. The zero-order valence-electron chi connectivity index (χ0n) is 14.8. The molecular formula is C22H21FO3. The van der Waals surface area contributed by atoms with Crippen molar-refractivity contribution in [3.05, 3.63) is 63.7 Å². The second-order valence-corrected chi connectivity index (χ2v) is 7.48. The van der Waals surface area contributed by atoms with Crippen molar-refractivity contribution in [3.8, 4) is 5.75 Å². The van der Waals surface area contributed by atoms with Crippen LogP contribution in [0.1, 0.15) is 76.2 Å². The summed E-state index contributed by atoms with van der Waals surface area (Å²) in [6.45, 7) is 3.70. The fourth-order valence-electron chi connectivity index (χ4n) is 4.58. The fourth-order valence-corrected chi connectivity index (χ4v) is 4.58. The average molecular weight is 352 g/mol. The Labute approximate surface area is 151 Å². The molecule has 0 saturated heterocycles. The fraction of sp³-hybridized carbons (Fsp3) is 0.318. The molecule has 3 nitrogen and oxygen atoms in total. The van der Waals surface area contributed by atoms with Gasteiger partial charge in [-0.25, -0.2) is 9.18 Å². The van der Waals surface area contributed by atoms with Gasteiger partial charge in [-0.05, 0) is 91.0 Å². The second-order valence-electron chi connectivity index (χ2n) is 7.48. The van der Waals surface area contributed by atoms with Crippen molar-refractivity contribution >= 4 is 17.4 Å². The number of phenols is 1. The first-order valence-corrected chi connectivity index (χ1v) is 8.94. The van der Waals surface area contributed by atoms with E-state index in [-0.39, 0.29) is 16.9 Å². The third-order valence-corrected chi connectivity index (χ3v) is 5.96. The topological polar surface area (TPSA) is 57.5 Å². The number of hydrogen-bond donors (Lipinski definition) is 2. The quantitative estimate of drug-likeness (QED) is 0.705. The number of phenolic OH excluding ortho intramolecular Hbond substituents is 1. The summed E-state index contributed by atoms with van der Waals surface area (Å²) in [4.78, 5) is 11.0. The molecule has 2 unspecified atom stereocenters. The zero-order chi connectivity index (χ0) is 18.6. The largest absolute Gasteiger partial charge is 0.507 e. The molecule has 0 spiro atoms. The lowest BCUT2D eigenvalue weighted by molar-refractivity contribution is 0.0696. The van der Waals surface area contributed by atoms with Crippen LogP contribution in [0.2, 0.25) is 0 Å². The predicted octanol–water partition coefficient (Wildman–Crippen LogP) is 5.62. The number of carboxylic acids is 1. The Balaban J connectivity index is 1.78. The molecule has 0 aromatic heterocycles. The maximum Gasteiger partial charge on any atom is 0.335 e. The Bertz CT molecular complexity index is 958. The van der Waals surface area contributed by atoms with Crippen LogP contribution >= 0.6 is 0 Å². The number of aromatic hydroxyl groups is 1. The van der Waals surface area contributed by atoms with Gasteiger partial charge in [0.2, 0.25) is 0 Å². The number of benzene rings is 2. The van der Waals surface area contributed by atoms with Crippen molar-refractivity contribution in [2.24, 2.45) is 0 Å². The van der Waals surface area contributed by atoms with Gasteiger partial charge in [0.1, 0.15) is 11.6 Å². The van der Waals surface area contributed by atoms with E-state index < -0.39 is 11.8 Å². The molecule has 2 N–H and O–H groups in total. The Morgan fingerprint density at radius 2 is 1.73 bits per heavy atom. The lowest BCUT2D eigenvalue weighted by Gasteiger charge is -2.19. The molecule has 0 amide bonds. The van der Waals surface area contributed by atoms with Gasteiger partial charge in [0, 0.05) is 0 Å². The van der Waals surface area contributed by atoms with E-state index in [4.69, 9.17) is 5.11 Å². The van der Waals surface area contributed by atoms with Crippen molar-refractivity contribution in [2.75, 3.05) is 0 Å². The Morgan fingerprint density at radius 3 is 2.35 bits per heavy atom. The molecule has 2 bridgehead atoms. The van der Waals surface area contributed by atoms with Crippen LogP contribution in [0.3, 0.4) is 0 Å². The van der Waals surface area contributed by atoms with E-state index in [1.54, 1.807) is 6.92 Å². The molecule has 4 rings (SSSR count). The molecular weight excluding hydrogens is 331 g/mol. The Hall–Kier alpha value is -2.62. The predicted molar refractivity (Wildman–Crippen MR) is 99.2 cm³/mol. The summed E-state index contributed by atoms with van der Waals surface area (Å²) in [6, 6.07) is 8.02. The summed E-state index contributed by atoms with van der Waals surface area (Å²) in [6.07, 6.45) is 3.67. The summed E-state index contributed by atoms with van der Waals surface area (Å²) < 4.78 is 15.1. The van der Waals surface area contributed by atoms with E-state index in [2.05, 4.69) is 12.1 Å². The van der Waals surface area contributed by atoms with Gasteiger partial charge in [0.15, 0.2) is 0 Å². The molecule has 0 radical (unpaired) electrons. The second kappa shape index (κ2) is 5.97. The molecule has 1 fully saturated rings. The zero-order valence-corrected chi connectivity index (χ0v) is 14.8. The Morgan fingerprint density at radius 1 is 1.08 bits per heavy atom. The van der Waals surface area contributed by atoms with Crippen LogP contribution in [0.4, 0.5) is 4.39 Å². The van der Waals surface area contributed by atoms with Gasteiger partial charge in [-0.15, -0.1) is 0 Å². The van der Waals surface area contributed by atoms with Gasteiger partial charge in [-0.3, -0.25) is 0 Å². The molecule has 2 atom stereocenters. The highest BCUT2D eigenvalue weighted by Gasteiger charge is 2.37. The standard InChI is InChI=1S/C22H21FO3/c1-11-7-18-13-3-4-14(8-13)19(18)10-17(11)12(2)21(23)16-6-5-15(22(25)26)9-20(16)24/h5-7,9-10,13-14,24H,3-4,8H2,1-2H3,(H,25,26)/b21-12-. The van der Waals surface area contributed by atoms with E-state index in [0.717, 1.165) is 17.2 Å². The molecule has 0 heterocycles. The van der Waals surface area contributed by atoms with Crippen LogP contribution in [0.15, 0.2) is 30.3 Å². The number of aryl methyl sites for hydroxylation is 1. The molecule has 2 aromatic rings. The van der Waals surface area contributed by atoms with E-state index in [1.807, 2.05) is 6.92 Å². The first-order valence-electron chi connectivity index (χ1n) is 8.94. The van der Waals surface area contributed by atoms with Crippen LogP contribution in [-0.4, -0.2) is 16.2 Å². The molecule has 134 valence electrons. The van der Waals surface area contributed by atoms with Crippen LogP contribution < -0.4 is 0 Å². The number of rotatable bonds is 3. The monoisotopic (exact) mass is 352 g/mol. The van der Waals surface area contributed by atoms with Crippen molar-refractivity contribution in [1.29, 1.82) is 0 Å². The number of aromatic carboxylic acids is 1. The van der Waals surface area contributed by atoms with Crippen LogP contribution in [-0.2, 0) is 0 Å². The summed E-state index contributed by atoms with van der Waals surface area (Å²) in [7, 11) is 0. The molecule has 2 aliphatic rings. The number of carboxylic acid groups (broad SMARTS) is 1. The summed E-state index contributed by atoms with van der Waals surface area (Å²) in [5.41, 5.74) is 5.08. The minimum absolute atomic E-state index is 0.0221. The minimum atomic E-state index is -1.16. The Kier molecular flexibility index (Phi) is 3.87. The normalized spacial score (nSPS) is 21.5. The summed E-state index contributed by atoms with van der Waals surface area (Å²) in [5.74, 6) is -0.791. The number of fused-ring (bicyclic) bond motifs is 5. The third kappa shape index (κ3) is 2.52. The molecule has 26 heavy (non-hydrogen) atoms. The van der Waals surface area contributed by atoms with Crippen molar-refractivity contribution in [3.63, 3.8) is 0 Å². The average Bonchev–Trinajstić information content (AvgIpc) is 3.21. The van der Waals surface area contributed by atoms with Gasteiger partial charge < -0.3 is 10.2 Å². The number of carbonyl (C=O) groups is 1. The van der Waals surface area contributed by atoms with E-state index in [1.165, 1.54) is 42.5 Å². The number of allylic oxidation sites excluding steroid dienone is 1. The van der Waals surface area contributed by atoms with Gasteiger partial charge in [0.05, 0.1) is 11.1 Å². The van der Waals surface area contributed by atoms with Gasteiger partial charge in [0.25, 0.3) is 0 Å². The van der Waals surface area contributed by atoms with Gasteiger partial charge in [-0.2, -0.15) is 0 Å². The number of hydrogen-bond acceptors (Lipinski definition) is 2. The van der Waals surface area contributed by atoms with E-state index in [0.29, 0.717) is 17.4 Å². The summed E-state index contributed by atoms with van der Waals surface area (Å²) >= 11 is 0. The van der Waals surface area contributed by atoms with Crippen LogP contribution in [0, 0.1) is 6.92 Å². The molecule has 4 heteroatoms. The van der Waals surface area contributed by atoms with Crippen molar-refractivity contribution in [1.82, 2.24) is 0 Å². The first-order chi connectivity index (χ1) is 12.4. The van der Waals surface area contributed by atoms with Crippen LogP contribution in [0.25, 0.3) is 11.4 Å². The maximum absolute atomic E-state index is 15.1. The molecule has 2 aromatic carbocycles. The van der Waals surface area contributed by atoms with Gasteiger partial charge in [-0.1, -0.05) is 12.1 Å². The van der Waals surface area contributed by atoms with Crippen molar-refractivity contribution < 1.29 is 19.4 Å². The summed E-state index contributed by atoms with van der Waals surface area (Å²) in [5, 5.41) is 19.1. The molecule has 1 saturated carbocycles.